The summed E-state index contributed by atoms with van der Waals surface area (Å²) in [6.07, 6.45) is 5.36. The summed E-state index contributed by atoms with van der Waals surface area (Å²) in [7, 11) is 1.78. The summed E-state index contributed by atoms with van der Waals surface area (Å²) in [6.45, 7) is 3.08. The molecule has 4 heteroatoms. The van der Waals surface area contributed by atoms with Gasteiger partial charge in [-0.05, 0) is 30.0 Å². The minimum atomic E-state index is -0.921. The Kier molecular flexibility index (Phi) is 5.32. The molecule has 0 aliphatic carbocycles. The summed E-state index contributed by atoms with van der Waals surface area (Å²) in [5.41, 5.74) is 2.17. The lowest BCUT2D eigenvalue weighted by atomic mass is 10.1. The Bertz CT molecular complexity index is 459. The van der Waals surface area contributed by atoms with Gasteiger partial charge in [-0.3, -0.25) is 4.90 Å². The number of hydrogen-bond donors (Lipinski definition) is 1. The summed E-state index contributed by atoms with van der Waals surface area (Å²) in [6, 6.07) is 8.03. The van der Waals surface area contributed by atoms with Gasteiger partial charge in [0, 0.05) is 32.8 Å². The Morgan fingerprint density at radius 1 is 1.35 bits per heavy atom. The second-order valence-electron chi connectivity index (χ2n) is 5.12. The molecule has 1 saturated heterocycles. The van der Waals surface area contributed by atoms with Crippen LogP contribution >= 0.6 is 0 Å². The highest BCUT2D eigenvalue weighted by molar-refractivity contribution is 5.85. The Morgan fingerprint density at radius 3 is 2.55 bits per heavy atom. The molecule has 1 N–H and O–H groups in total. The fourth-order valence-corrected chi connectivity index (χ4v) is 2.46. The number of aliphatic carboxylic acids is 1. The van der Waals surface area contributed by atoms with Crippen molar-refractivity contribution >= 4 is 12.0 Å². The molecular weight excluding hydrogens is 254 g/mol. The number of hydrogen-bond acceptors (Lipinski definition) is 3. The van der Waals surface area contributed by atoms with Crippen molar-refractivity contribution in [3.63, 3.8) is 0 Å². The topological polar surface area (TPSA) is 49.8 Å². The van der Waals surface area contributed by atoms with E-state index in [1.54, 1.807) is 13.2 Å². The summed E-state index contributed by atoms with van der Waals surface area (Å²) in [4.78, 5) is 12.9. The van der Waals surface area contributed by atoms with Crippen molar-refractivity contribution in [1.82, 2.24) is 4.90 Å². The predicted octanol–water partition coefficient (Wildman–Crippen LogP) is 2.40. The molecule has 1 aromatic rings. The normalized spacial score (nSPS) is 17.6. The minimum Gasteiger partial charge on any atom is -0.478 e. The number of nitrogens with zero attached hydrogens (tertiary/aromatic N) is 1. The van der Waals surface area contributed by atoms with Crippen molar-refractivity contribution in [3.8, 4) is 0 Å². The van der Waals surface area contributed by atoms with Crippen molar-refractivity contribution in [3.05, 3.63) is 41.5 Å². The van der Waals surface area contributed by atoms with Crippen molar-refractivity contribution in [2.24, 2.45) is 0 Å². The second-order valence-corrected chi connectivity index (χ2v) is 5.12. The van der Waals surface area contributed by atoms with E-state index in [4.69, 9.17) is 9.84 Å². The first-order valence-electron chi connectivity index (χ1n) is 6.92. The van der Waals surface area contributed by atoms with Gasteiger partial charge in [0.25, 0.3) is 0 Å². The largest absolute Gasteiger partial charge is 0.478 e. The van der Waals surface area contributed by atoms with Crippen LogP contribution in [0.1, 0.15) is 24.0 Å². The van der Waals surface area contributed by atoms with Gasteiger partial charge >= 0.3 is 5.97 Å². The SMILES string of the molecule is COC1CCN(Cc2ccc(C=CC(=O)O)cc2)CC1. The monoisotopic (exact) mass is 275 g/mol. The Hall–Kier alpha value is -1.65. The molecule has 0 spiro atoms. The quantitative estimate of drug-likeness (QED) is 0.838. The molecule has 0 saturated carbocycles. The number of rotatable bonds is 5. The number of carboxylic acid groups (broad SMARTS) is 1. The molecule has 0 radical (unpaired) electrons. The number of carboxylic acids is 1. The molecule has 0 bridgehead atoms. The lowest BCUT2D eigenvalue weighted by Gasteiger charge is -2.31. The van der Waals surface area contributed by atoms with Gasteiger partial charge in [-0.15, -0.1) is 0 Å². The van der Waals surface area contributed by atoms with Gasteiger partial charge in [0.15, 0.2) is 0 Å². The van der Waals surface area contributed by atoms with Gasteiger partial charge in [0.2, 0.25) is 0 Å². The maximum Gasteiger partial charge on any atom is 0.328 e. The predicted molar refractivity (Wildman–Crippen MR) is 78.4 cm³/mol. The van der Waals surface area contributed by atoms with E-state index in [0.29, 0.717) is 6.10 Å². The van der Waals surface area contributed by atoms with Gasteiger partial charge in [-0.1, -0.05) is 24.3 Å². The van der Waals surface area contributed by atoms with Crippen LogP contribution in [0.25, 0.3) is 6.08 Å². The maximum absolute atomic E-state index is 10.4. The van der Waals surface area contributed by atoms with Crippen LogP contribution in [0.15, 0.2) is 30.3 Å². The number of carbonyl (C=O) groups is 1. The summed E-state index contributed by atoms with van der Waals surface area (Å²) in [5.74, 6) is -0.921. The van der Waals surface area contributed by atoms with E-state index < -0.39 is 5.97 Å². The lowest BCUT2D eigenvalue weighted by molar-refractivity contribution is -0.131. The highest BCUT2D eigenvalue weighted by Crippen LogP contribution is 2.16. The molecule has 0 unspecified atom stereocenters. The molecule has 1 heterocycles. The van der Waals surface area contributed by atoms with E-state index >= 15 is 0 Å². The van der Waals surface area contributed by atoms with Crippen LogP contribution < -0.4 is 0 Å². The fraction of sp³-hybridized carbons (Fsp3) is 0.438. The third-order valence-corrected chi connectivity index (χ3v) is 3.67. The third-order valence-electron chi connectivity index (χ3n) is 3.67. The first kappa shape index (κ1) is 14.8. The van der Waals surface area contributed by atoms with Crippen molar-refractivity contribution < 1.29 is 14.6 Å². The minimum absolute atomic E-state index is 0.412. The van der Waals surface area contributed by atoms with Crippen LogP contribution in [0.4, 0.5) is 0 Å². The molecule has 0 aromatic heterocycles. The van der Waals surface area contributed by atoms with Gasteiger partial charge in [0.1, 0.15) is 0 Å². The third kappa shape index (κ3) is 4.47. The Morgan fingerprint density at radius 2 is 2.00 bits per heavy atom. The fourth-order valence-electron chi connectivity index (χ4n) is 2.46. The zero-order valence-corrected chi connectivity index (χ0v) is 11.8. The van der Waals surface area contributed by atoms with Gasteiger partial charge in [-0.25, -0.2) is 4.79 Å². The standard InChI is InChI=1S/C16H21NO3/c1-20-15-8-10-17(11-9-15)12-14-4-2-13(3-5-14)6-7-16(18)19/h2-7,15H,8-12H2,1H3,(H,18,19). The molecule has 1 aliphatic heterocycles. The smallest absolute Gasteiger partial charge is 0.328 e. The number of piperidine rings is 1. The average Bonchev–Trinajstić information content (AvgIpc) is 2.47. The highest BCUT2D eigenvalue weighted by Gasteiger charge is 2.18. The highest BCUT2D eigenvalue weighted by atomic mass is 16.5. The van der Waals surface area contributed by atoms with Crippen LogP contribution in [0.2, 0.25) is 0 Å². The van der Waals surface area contributed by atoms with E-state index in [1.807, 2.05) is 12.1 Å². The van der Waals surface area contributed by atoms with Crippen molar-refractivity contribution in [1.29, 1.82) is 0 Å². The molecule has 2 rings (SSSR count). The van der Waals surface area contributed by atoms with Crippen molar-refractivity contribution in [2.75, 3.05) is 20.2 Å². The molecule has 108 valence electrons. The van der Waals surface area contributed by atoms with E-state index in [9.17, 15) is 4.79 Å². The summed E-state index contributed by atoms with van der Waals surface area (Å²) >= 11 is 0. The van der Waals surface area contributed by atoms with E-state index in [1.165, 1.54) is 5.56 Å². The van der Waals surface area contributed by atoms with Crippen LogP contribution in [0.3, 0.4) is 0 Å². The van der Waals surface area contributed by atoms with E-state index in [0.717, 1.165) is 44.1 Å². The van der Waals surface area contributed by atoms with Crippen molar-refractivity contribution in [2.45, 2.75) is 25.5 Å². The first-order valence-corrected chi connectivity index (χ1v) is 6.92. The van der Waals surface area contributed by atoms with Gasteiger partial charge in [-0.2, -0.15) is 0 Å². The molecule has 20 heavy (non-hydrogen) atoms. The molecule has 0 amide bonds. The Labute approximate surface area is 119 Å². The number of likely N-dealkylation sites (tertiary alicyclic amines) is 1. The lowest BCUT2D eigenvalue weighted by Crippen LogP contribution is -2.36. The molecule has 1 aliphatic rings. The van der Waals surface area contributed by atoms with Crippen LogP contribution in [-0.4, -0.2) is 42.3 Å². The van der Waals surface area contributed by atoms with Crippen LogP contribution in [0, 0.1) is 0 Å². The molecule has 1 aromatic carbocycles. The number of ether oxygens (including phenoxy) is 1. The van der Waals surface area contributed by atoms with Gasteiger partial charge < -0.3 is 9.84 Å². The summed E-state index contributed by atoms with van der Waals surface area (Å²) < 4.78 is 5.37. The second kappa shape index (κ2) is 7.22. The van der Waals surface area contributed by atoms with Crippen LogP contribution in [0.5, 0.6) is 0 Å². The molecule has 4 nitrogen and oxygen atoms in total. The maximum atomic E-state index is 10.4. The molecular formula is C16H21NO3. The number of benzene rings is 1. The Balaban J connectivity index is 1.86. The van der Waals surface area contributed by atoms with E-state index in [2.05, 4.69) is 17.0 Å². The zero-order chi connectivity index (χ0) is 14.4. The zero-order valence-electron chi connectivity index (χ0n) is 11.8. The first-order chi connectivity index (χ1) is 9.67. The molecule has 0 atom stereocenters. The van der Waals surface area contributed by atoms with Crippen LogP contribution in [-0.2, 0) is 16.1 Å². The number of methoxy groups -OCH3 is 1. The molecule has 1 fully saturated rings. The van der Waals surface area contributed by atoms with Gasteiger partial charge in [0.05, 0.1) is 6.10 Å². The summed E-state index contributed by atoms with van der Waals surface area (Å²) in [5, 5.41) is 8.58. The average molecular weight is 275 g/mol. The van der Waals surface area contributed by atoms with E-state index in [-0.39, 0.29) is 0 Å².